The fourth-order valence-corrected chi connectivity index (χ4v) is 1.68. The van der Waals surface area contributed by atoms with Crippen LogP contribution in [0, 0.1) is 5.82 Å². The van der Waals surface area contributed by atoms with Gasteiger partial charge < -0.3 is 10.7 Å². The van der Waals surface area contributed by atoms with E-state index in [4.69, 9.17) is 5.73 Å². The lowest BCUT2D eigenvalue weighted by Gasteiger charge is -2.03. The van der Waals surface area contributed by atoms with Gasteiger partial charge in [-0.2, -0.15) is 0 Å². The zero-order chi connectivity index (χ0) is 13.1. The molecule has 0 saturated heterocycles. The van der Waals surface area contributed by atoms with Crippen LogP contribution in [0.3, 0.4) is 0 Å². The molecule has 2 aromatic rings. The van der Waals surface area contributed by atoms with Gasteiger partial charge in [-0.05, 0) is 30.5 Å². The fraction of sp³-hybridized carbons (Fsp3) is 0.167. The summed E-state index contributed by atoms with van der Waals surface area (Å²) in [5, 5.41) is 0. The first kappa shape index (κ1) is 12.1. The van der Waals surface area contributed by atoms with Gasteiger partial charge in [0.1, 0.15) is 5.82 Å². The lowest BCUT2D eigenvalue weighted by molar-refractivity contribution is 0.631. The Labute approximate surface area is 101 Å². The Hall–Kier alpha value is -2.37. The summed E-state index contributed by atoms with van der Waals surface area (Å²) in [6.45, 7) is 0. The number of hydrogen-bond donors (Lipinski definition) is 3. The van der Waals surface area contributed by atoms with Crippen LogP contribution in [0.15, 0.2) is 33.9 Å². The number of halogens is 1. The minimum Gasteiger partial charge on any atom is -0.396 e. The number of aryl methyl sites for hydroxylation is 2. The molecule has 0 bridgehead atoms. The van der Waals surface area contributed by atoms with Gasteiger partial charge in [-0.1, -0.05) is 6.07 Å². The molecular formula is C12H12FN3O2. The summed E-state index contributed by atoms with van der Waals surface area (Å²) < 4.78 is 12.9. The first-order valence-electron chi connectivity index (χ1n) is 5.41. The van der Waals surface area contributed by atoms with E-state index in [1.165, 1.54) is 12.1 Å². The second-order valence-corrected chi connectivity index (χ2v) is 3.97. The molecule has 0 unspecified atom stereocenters. The predicted molar refractivity (Wildman–Crippen MR) is 65.9 cm³/mol. The highest BCUT2D eigenvalue weighted by atomic mass is 19.1. The summed E-state index contributed by atoms with van der Waals surface area (Å²) in [5.41, 5.74) is 5.95. The van der Waals surface area contributed by atoms with Crippen LogP contribution in [0.2, 0.25) is 0 Å². The van der Waals surface area contributed by atoms with E-state index in [2.05, 4.69) is 9.97 Å². The summed E-state index contributed by atoms with van der Waals surface area (Å²) in [7, 11) is 0. The summed E-state index contributed by atoms with van der Waals surface area (Å²) in [4.78, 5) is 26.7. The highest BCUT2D eigenvalue weighted by Crippen LogP contribution is 2.13. The van der Waals surface area contributed by atoms with Crippen LogP contribution in [0.5, 0.6) is 0 Å². The highest BCUT2D eigenvalue weighted by Gasteiger charge is 2.02. The third kappa shape index (κ3) is 2.85. The minimum atomic E-state index is -0.531. The molecule has 2 rings (SSSR count). The maximum atomic E-state index is 12.9. The largest absolute Gasteiger partial charge is 0.396 e. The SMILES string of the molecule is Nc1cc(CCc2cc(=O)[nH]c(=O)[nH]2)ccc1F. The van der Waals surface area contributed by atoms with Crippen molar-refractivity contribution in [2.75, 3.05) is 5.73 Å². The number of nitrogens with two attached hydrogens (primary N) is 1. The number of H-pyrrole nitrogens is 2. The Morgan fingerprint density at radius 2 is 1.89 bits per heavy atom. The van der Waals surface area contributed by atoms with Gasteiger partial charge in [0.25, 0.3) is 5.56 Å². The lowest BCUT2D eigenvalue weighted by Crippen LogP contribution is -2.23. The number of nitrogens with one attached hydrogen (secondary N) is 2. The average Bonchev–Trinajstić information content (AvgIpc) is 2.29. The maximum Gasteiger partial charge on any atom is 0.325 e. The maximum absolute atomic E-state index is 12.9. The van der Waals surface area contributed by atoms with Crippen LogP contribution in [0.25, 0.3) is 0 Å². The number of hydrogen-bond acceptors (Lipinski definition) is 3. The van der Waals surface area contributed by atoms with Gasteiger partial charge in [0.05, 0.1) is 5.69 Å². The van der Waals surface area contributed by atoms with Gasteiger partial charge in [0.15, 0.2) is 0 Å². The number of anilines is 1. The molecule has 0 saturated carbocycles. The van der Waals surface area contributed by atoms with Crippen molar-refractivity contribution in [2.45, 2.75) is 12.8 Å². The van der Waals surface area contributed by atoms with Gasteiger partial charge in [-0.3, -0.25) is 9.78 Å². The number of aromatic nitrogens is 2. The molecule has 6 heteroatoms. The molecule has 0 spiro atoms. The van der Waals surface area contributed by atoms with E-state index in [-0.39, 0.29) is 5.69 Å². The van der Waals surface area contributed by atoms with Crippen molar-refractivity contribution in [1.82, 2.24) is 9.97 Å². The Balaban J connectivity index is 2.13. The number of benzene rings is 1. The van der Waals surface area contributed by atoms with E-state index in [0.29, 0.717) is 18.5 Å². The van der Waals surface area contributed by atoms with Crippen LogP contribution in [-0.4, -0.2) is 9.97 Å². The predicted octanol–water partition coefficient (Wildman–Crippen LogP) is 0.570. The Kier molecular flexibility index (Phi) is 3.27. The quantitative estimate of drug-likeness (QED) is 0.694. The van der Waals surface area contributed by atoms with Crippen molar-refractivity contribution in [3.63, 3.8) is 0 Å². The molecule has 0 aliphatic carbocycles. The lowest BCUT2D eigenvalue weighted by atomic mass is 10.1. The van der Waals surface area contributed by atoms with Crippen LogP contribution >= 0.6 is 0 Å². The van der Waals surface area contributed by atoms with E-state index in [1.54, 1.807) is 12.1 Å². The van der Waals surface area contributed by atoms with Gasteiger partial charge in [0.2, 0.25) is 0 Å². The molecule has 0 aliphatic heterocycles. The zero-order valence-corrected chi connectivity index (χ0v) is 9.50. The average molecular weight is 249 g/mol. The normalized spacial score (nSPS) is 10.5. The Morgan fingerprint density at radius 3 is 2.56 bits per heavy atom. The molecule has 1 heterocycles. The molecule has 0 fully saturated rings. The fourth-order valence-electron chi connectivity index (χ4n) is 1.68. The van der Waals surface area contributed by atoms with Gasteiger partial charge in [-0.25, -0.2) is 9.18 Å². The van der Waals surface area contributed by atoms with Crippen LogP contribution in [-0.2, 0) is 12.8 Å². The Morgan fingerprint density at radius 1 is 1.11 bits per heavy atom. The van der Waals surface area contributed by atoms with E-state index in [1.807, 2.05) is 0 Å². The first-order valence-corrected chi connectivity index (χ1v) is 5.41. The van der Waals surface area contributed by atoms with Gasteiger partial charge in [0, 0.05) is 11.8 Å². The standard InChI is InChI=1S/C12H12FN3O2/c13-9-4-2-7(5-10(9)14)1-3-8-6-11(17)16-12(18)15-8/h2,4-6H,1,3,14H2,(H2,15,16,17,18). The van der Waals surface area contributed by atoms with Crippen LogP contribution in [0.1, 0.15) is 11.3 Å². The molecule has 0 radical (unpaired) electrons. The van der Waals surface area contributed by atoms with E-state index in [0.717, 1.165) is 5.56 Å². The van der Waals surface area contributed by atoms with E-state index >= 15 is 0 Å². The summed E-state index contributed by atoms with van der Waals surface area (Å²) >= 11 is 0. The topological polar surface area (TPSA) is 91.7 Å². The molecule has 5 nitrogen and oxygen atoms in total. The van der Waals surface area contributed by atoms with Crippen molar-refractivity contribution >= 4 is 5.69 Å². The summed E-state index contributed by atoms with van der Waals surface area (Å²) in [6, 6.07) is 5.79. The van der Waals surface area contributed by atoms with Crippen molar-refractivity contribution in [2.24, 2.45) is 0 Å². The molecular weight excluding hydrogens is 237 g/mol. The van der Waals surface area contributed by atoms with Gasteiger partial charge >= 0.3 is 5.69 Å². The summed E-state index contributed by atoms with van der Waals surface area (Å²) in [5.74, 6) is -0.455. The number of aromatic amines is 2. The smallest absolute Gasteiger partial charge is 0.325 e. The van der Waals surface area contributed by atoms with Crippen molar-refractivity contribution in [3.05, 3.63) is 62.2 Å². The molecule has 0 atom stereocenters. The molecule has 18 heavy (non-hydrogen) atoms. The van der Waals surface area contributed by atoms with Crippen molar-refractivity contribution in [1.29, 1.82) is 0 Å². The first-order chi connectivity index (χ1) is 8.54. The van der Waals surface area contributed by atoms with Crippen LogP contribution in [0.4, 0.5) is 10.1 Å². The minimum absolute atomic E-state index is 0.0897. The zero-order valence-electron chi connectivity index (χ0n) is 9.50. The van der Waals surface area contributed by atoms with Crippen molar-refractivity contribution < 1.29 is 4.39 Å². The molecule has 94 valence electrons. The monoisotopic (exact) mass is 249 g/mol. The van der Waals surface area contributed by atoms with E-state index in [9.17, 15) is 14.0 Å². The second-order valence-electron chi connectivity index (χ2n) is 3.97. The highest BCUT2D eigenvalue weighted by molar-refractivity contribution is 5.42. The van der Waals surface area contributed by atoms with Crippen molar-refractivity contribution in [3.8, 4) is 0 Å². The van der Waals surface area contributed by atoms with Gasteiger partial charge in [-0.15, -0.1) is 0 Å². The van der Waals surface area contributed by atoms with E-state index < -0.39 is 17.1 Å². The molecule has 1 aromatic carbocycles. The number of nitrogen functional groups attached to an aromatic ring is 1. The third-order valence-corrected chi connectivity index (χ3v) is 2.56. The molecule has 0 amide bonds. The molecule has 1 aromatic heterocycles. The molecule has 4 N–H and O–H groups in total. The van der Waals surface area contributed by atoms with Crippen LogP contribution < -0.4 is 17.0 Å². The number of rotatable bonds is 3. The second kappa shape index (κ2) is 4.87. The summed E-state index contributed by atoms with van der Waals surface area (Å²) in [6.07, 6.45) is 1.04. The third-order valence-electron chi connectivity index (χ3n) is 2.56. The molecule has 0 aliphatic rings. The Bertz CT molecular complexity index is 647.